The van der Waals surface area contributed by atoms with E-state index < -0.39 is 0 Å². The van der Waals surface area contributed by atoms with Crippen molar-refractivity contribution in [3.63, 3.8) is 0 Å². The minimum absolute atomic E-state index is 0.883. The summed E-state index contributed by atoms with van der Waals surface area (Å²) in [6, 6.07) is 0. The second-order valence-corrected chi connectivity index (χ2v) is 13.9. The van der Waals surface area contributed by atoms with Crippen LogP contribution in [0.5, 0.6) is 0 Å². The number of unbranched alkanes of at least 4 members (excludes halogenated alkanes) is 30. The summed E-state index contributed by atoms with van der Waals surface area (Å²) in [7, 11) is 3.16. The third-order valence-electron chi connectivity index (χ3n) is 8.86. The normalized spacial score (nSPS) is 11.7. The molecule has 0 aliphatic heterocycles. The fourth-order valence-electron chi connectivity index (χ4n) is 6.05. The van der Waals surface area contributed by atoms with Crippen LogP contribution >= 0.6 is 9.24 Å². The van der Waals surface area contributed by atoms with Gasteiger partial charge in [0.25, 0.3) is 0 Å². The summed E-state index contributed by atoms with van der Waals surface area (Å²) in [5.74, 6) is 0. The van der Waals surface area contributed by atoms with Gasteiger partial charge in [-0.3, -0.25) is 0 Å². The average molecular weight is 553 g/mol. The van der Waals surface area contributed by atoms with Gasteiger partial charge in [0.05, 0.1) is 0 Å². The van der Waals surface area contributed by atoms with Gasteiger partial charge in [0.1, 0.15) is 0 Å². The first kappa shape index (κ1) is 38.4. The Morgan fingerprint density at radius 1 is 0.263 bits per heavy atom. The zero-order chi connectivity index (χ0) is 27.6. The quantitative estimate of drug-likeness (QED) is 0.0550. The molecular formula is C37H77P. The highest BCUT2D eigenvalue weighted by atomic mass is 31.0. The molecule has 0 aromatic rings. The van der Waals surface area contributed by atoms with Gasteiger partial charge in [0.2, 0.25) is 0 Å². The van der Waals surface area contributed by atoms with Gasteiger partial charge in [-0.15, -0.1) is 9.24 Å². The lowest BCUT2D eigenvalue weighted by Gasteiger charge is -2.11. The van der Waals surface area contributed by atoms with Crippen molar-refractivity contribution in [3.8, 4) is 0 Å². The molecule has 0 rings (SSSR count). The number of rotatable bonds is 34. The Kier molecular flexibility index (Phi) is 35.9. The Bertz CT molecular complexity index is 356. The fourth-order valence-corrected chi connectivity index (χ4v) is 6.52. The smallest absolute Gasteiger partial charge is 0.0264 e. The fraction of sp³-hybridized carbons (Fsp3) is 1.00. The minimum atomic E-state index is 0.883. The molecule has 230 valence electrons. The van der Waals surface area contributed by atoms with Gasteiger partial charge in [-0.25, -0.2) is 0 Å². The second kappa shape index (κ2) is 35.5. The molecule has 1 atom stereocenters. The van der Waals surface area contributed by atoms with Gasteiger partial charge in [0.15, 0.2) is 0 Å². The SMILES string of the molecule is CCCCCCCCCCCCCCCCCCC(P)CCCCCCCCCCCCCCCCCC. The van der Waals surface area contributed by atoms with Crippen LogP contribution in [0.3, 0.4) is 0 Å². The first-order valence-corrected chi connectivity index (χ1v) is 19.2. The molecule has 0 fully saturated rings. The summed E-state index contributed by atoms with van der Waals surface area (Å²) in [6.07, 6.45) is 50.0. The lowest BCUT2D eigenvalue weighted by Crippen LogP contribution is -1.97. The topological polar surface area (TPSA) is 0 Å². The van der Waals surface area contributed by atoms with Crippen LogP contribution in [0, 0.1) is 0 Å². The van der Waals surface area contributed by atoms with Gasteiger partial charge in [-0.2, -0.15) is 0 Å². The molecule has 0 spiro atoms. The number of hydrogen-bond donors (Lipinski definition) is 0. The van der Waals surface area contributed by atoms with E-state index in [4.69, 9.17) is 0 Å². The minimum Gasteiger partial charge on any atom is -0.134 e. The van der Waals surface area contributed by atoms with Gasteiger partial charge < -0.3 is 0 Å². The molecule has 1 unspecified atom stereocenters. The molecule has 0 aliphatic rings. The van der Waals surface area contributed by atoms with E-state index >= 15 is 0 Å². The summed E-state index contributed by atoms with van der Waals surface area (Å²) in [6.45, 7) is 4.62. The molecule has 0 aromatic heterocycles. The lowest BCUT2D eigenvalue weighted by molar-refractivity contribution is 0.514. The summed E-state index contributed by atoms with van der Waals surface area (Å²) in [4.78, 5) is 0. The van der Waals surface area contributed by atoms with Crippen LogP contribution in [-0.4, -0.2) is 5.66 Å². The largest absolute Gasteiger partial charge is 0.134 e. The van der Waals surface area contributed by atoms with E-state index in [9.17, 15) is 0 Å². The van der Waals surface area contributed by atoms with Crippen LogP contribution in [0.1, 0.15) is 232 Å². The molecule has 0 bridgehead atoms. The van der Waals surface area contributed by atoms with Crippen LogP contribution < -0.4 is 0 Å². The van der Waals surface area contributed by atoms with E-state index in [1.165, 1.54) is 218 Å². The maximum Gasteiger partial charge on any atom is -0.0264 e. The zero-order valence-corrected chi connectivity index (χ0v) is 28.4. The molecule has 38 heavy (non-hydrogen) atoms. The standard InChI is InChI=1S/C37H77P/c1-3-5-7-9-11-13-15-17-19-21-23-25-27-29-31-33-35-37(38)36-34-32-30-28-26-24-22-20-18-16-14-12-10-8-6-4-2/h37H,3-36,38H2,1-2H3. The van der Waals surface area contributed by atoms with Crippen LogP contribution in [0.15, 0.2) is 0 Å². The summed E-state index contributed by atoms with van der Waals surface area (Å²) in [5.41, 5.74) is 0.883. The third kappa shape index (κ3) is 34.5. The molecule has 0 amide bonds. The van der Waals surface area contributed by atoms with Crippen LogP contribution in [0.4, 0.5) is 0 Å². The van der Waals surface area contributed by atoms with Crippen molar-refractivity contribution in [1.29, 1.82) is 0 Å². The van der Waals surface area contributed by atoms with Crippen LogP contribution in [-0.2, 0) is 0 Å². The first-order valence-electron chi connectivity index (χ1n) is 18.6. The summed E-state index contributed by atoms with van der Waals surface area (Å²) >= 11 is 0. The first-order chi connectivity index (χ1) is 18.8. The monoisotopic (exact) mass is 553 g/mol. The van der Waals surface area contributed by atoms with Gasteiger partial charge in [-0.1, -0.05) is 219 Å². The van der Waals surface area contributed by atoms with E-state index in [0.717, 1.165) is 5.66 Å². The lowest BCUT2D eigenvalue weighted by atomic mass is 10.0. The van der Waals surface area contributed by atoms with Crippen LogP contribution in [0.2, 0.25) is 0 Å². The van der Waals surface area contributed by atoms with E-state index in [1.807, 2.05) is 0 Å². The third-order valence-corrected chi connectivity index (χ3v) is 9.52. The Morgan fingerprint density at radius 2 is 0.421 bits per heavy atom. The van der Waals surface area contributed by atoms with Crippen molar-refractivity contribution >= 4 is 9.24 Å². The molecule has 0 radical (unpaired) electrons. The molecule has 0 aliphatic carbocycles. The van der Waals surface area contributed by atoms with Gasteiger partial charge in [0, 0.05) is 0 Å². The molecule has 0 aromatic carbocycles. The second-order valence-electron chi connectivity index (χ2n) is 12.9. The van der Waals surface area contributed by atoms with Crippen molar-refractivity contribution in [3.05, 3.63) is 0 Å². The molecular weight excluding hydrogens is 475 g/mol. The summed E-state index contributed by atoms with van der Waals surface area (Å²) in [5, 5.41) is 0. The van der Waals surface area contributed by atoms with Crippen LogP contribution in [0.25, 0.3) is 0 Å². The van der Waals surface area contributed by atoms with E-state index in [-0.39, 0.29) is 0 Å². The highest BCUT2D eigenvalue weighted by Gasteiger charge is 2.03. The summed E-state index contributed by atoms with van der Waals surface area (Å²) < 4.78 is 0. The number of hydrogen-bond acceptors (Lipinski definition) is 0. The highest BCUT2D eigenvalue weighted by Crippen LogP contribution is 2.20. The molecule has 1 heteroatoms. The Hall–Kier alpha value is 0.430. The van der Waals surface area contributed by atoms with Crippen molar-refractivity contribution in [2.45, 2.75) is 238 Å². The molecule has 0 N–H and O–H groups in total. The molecule has 0 saturated heterocycles. The van der Waals surface area contributed by atoms with E-state index in [1.54, 1.807) is 0 Å². The predicted molar refractivity (Wildman–Crippen MR) is 182 cm³/mol. The predicted octanol–water partition coefficient (Wildman–Crippen LogP) is 14.5. The zero-order valence-electron chi connectivity index (χ0n) is 27.2. The van der Waals surface area contributed by atoms with Crippen molar-refractivity contribution in [2.75, 3.05) is 0 Å². The highest BCUT2D eigenvalue weighted by molar-refractivity contribution is 7.17. The molecule has 0 saturated carbocycles. The molecule has 0 nitrogen and oxygen atoms in total. The maximum atomic E-state index is 3.16. The Morgan fingerprint density at radius 3 is 0.605 bits per heavy atom. The van der Waals surface area contributed by atoms with Gasteiger partial charge in [-0.05, 0) is 18.5 Å². The van der Waals surface area contributed by atoms with Crippen molar-refractivity contribution in [1.82, 2.24) is 0 Å². The van der Waals surface area contributed by atoms with Gasteiger partial charge >= 0.3 is 0 Å². The molecule has 0 heterocycles. The van der Waals surface area contributed by atoms with Crippen molar-refractivity contribution < 1.29 is 0 Å². The van der Waals surface area contributed by atoms with Crippen molar-refractivity contribution in [2.24, 2.45) is 0 Å². The van der Waals surface area contributed by atoms with E-state index in [0.29, 0.717) is 0 Å². The Balaban J connectivity index is 3.13. The Labute approximate surface area is 246 Å². The average Bonchev–Trinajstić information content (AvgIpc) is 2.92. The van der Waals surface area contributed by atoms with E-state index in [2.05, 4.69) is 23.1 Å². The maximum absolute atomic E-state index is 3.16.